The number of aryl methyl sites for hydroxylation is 1. The second kappa shape index (κ2) is 7.35. The number of anilines is 2. The summed E-state index contributed by atoms with van der Waals surface area (Å²) in [6, 6.07) is 16.3. The van der Waals surface area contributed by atoms with Crippen molar-refractivity contribution < 1.29 is 9.59 Å². The summed E-state index contributed by atoms with van der Waals surface area (Å²) in [7, 11) is 1.69. The first-order chi connectivity index (χ1) is 14.3. The first kappa shape index (κ1) is 19.7. The van der Waals surface area contributed by atoms with E-state index in [0.29, 0.717) is 17.1 Å². The fraction of sp³-hybridized carbons (Fsp3) is 0.136. The van der Waals surface area contributed by atoms with Crippen LogP contribution in [0.3, 0.4) is 0 Å². The Hall–Kier alpha value is -3.58. The van der Waals surface area contributed by atoms with Crippen LogP contribution in [-0.2, 0) is 16.6 Å². The summed E-state index contributed by atoms with van der Waals surface area (Å²) in [5, 5.41) is 2.67. The molecular formula is C22H19ClN4O3. The number of nitrogens with zero attached hydrogens (tertiary/aromatic N) is 3. The zero-order chi connectivity index (χ0) is 21.6. The molecule has 1 aliphatic heterocycles. The Morgan fingerprint density at radius 1 is 0.900 bits per heavy atom. The molecule has 2 aromatic carbocycles. The number of imide groups is 1. The molecule has 152 valence electrons. The number of rotatable bonds is 4. The van der Waals surface area contributed by atoms with Crippen LogP contribution in [0.1, 0.15) is 11.3 Å². The molecule has 0 saturated heterocycles. The number of amides is 2. The van der Waals surface area contributed by atoms with Gasteiger partial charge in [-0.1, -0.05) is 41.9 Å². The van der Waals surface area contributed by atoms with Crippen LogP contribution in [-0.4, -0.2) is 21.2 Å². The lowest BCUT2D eigenvalue weighted by Crippen LogP contribution is -2.36. The molecule has 0 saturated carbocycles. The molecule has 4 rings (SSSR count). The number of carbonyl (C=O) groups is 2. The Balaban J connectivity index is 1.77. The number of carbonyl (C=O) groups excluding carboxylic acids is 2. The lowest BCUT2D eigenvalue weighted by molar-refractivity contribution is -0.120. The van der Waals surface area contributed by atoms with Gasteiger partial charge in [0.05, 0.1) is 11.4 Å². The number of hydrogen-bond acceptors (Lipinski definition) is 4. The van der Waals surface area contributed by atoms with Gasteiger partial charge in [0, 0.05) is 12.7 Å². The second-order valence-corrected chi connectivity index (χ2v) is 7.42. The number of hydrogen-bond donors (Lipinski definition) is 1. The predicted molar refractivity (Wildman–Crippen MR) is 116 cm³/mol. The molecule has 0 aliphatic carbocycles. The maximum Gasteiger partial charge on any atom is 0.296 e. The summed E-state index contributed by atoms with van der Waals surface area (Å²) in [5.41, 5.74) is 2.14. The monoisotopic (exact) mass is 422 g/mol. The molecule has 1 aromatic heterocycles. The first-order valence-electron chi connectivity index (χ1n) is 9.27. The highest BCUT2D eigenvalue weighted by atomic mass is 35.5. The summed E-state index contributed by atoms with van der Waals surface area (Å²) in [6.07, 6.45) is 0. The van der Waals surface area contributed by atoms with Gasteiger partial charge in [-0.3, -0.25) is 19.1 Å². The summed E-state index contributed by atoms with van der Waals surface area (Å²) in [4.78, 5) is 40.0. The molecule has 2 amide bonds. The minimum absolute atomic E-state index is 0.0180. The minimum atomic E-state index is -0.733. The highest BCUT2D eigenvalue weighted by Gasteiger charge is 2.42. The van der Waals surface area contributed by atoms with Crippen LogP contribution in [0.25, 0.3) is 5.69 Å². The number of aromatic nitrogens is 2. The van der Waals surface area contributed by atoms with E-state index >= 15 is 0 Å². The normalized spacial score (nSPS) is 14.1. The summed E-state index contributed by atoms with van der Waals surface area (Å²) in [5.74, 6) is -1.40. The first-order valence-corrected chi connectivity index (χ1v) is 9.65. The van der Waals surface area contributed by atoms with E-state index < -0.39 is 17.4 Å². The van der Waals surface area contributed by atoms with E-state index in [1.807, 2.05) is 31.2 Å². The van der Waals surface area contributed by atoms with Crippen LogP contribution in [0.5, 0.6) is 0 Å². The Bertz CT molecular complexity index is 1270. The molecule has 0 fully saturated rings. The fourth-order valence-electron chi connectivity index (χ4n) is 3.49. The third-order valence-electron chi connectivity index (χ3n) is 5.06. The van der Waals surface area contributed by atoms with E-state index in [9.17, 15) is 14.4 Å². The maximum absolute atomic E-state index is 13.2. The zero-order valence-corrected chi connectivity index (χ0v) is 17.4. The number of benzene rings is 2. The van der Waals surface area contributed by atoms with Gasteiger partial charge in [0.25, 0.3) is 17.4 Å². The summed E-state index contributed by atoms with van der Waals surface area (Å²) < 4.78 is 3.01. The van der Waals surface area contributed by atoms with Crippen molar-refractivity contribution in [3.05, 3.63) is 86.9 Å². The molecule has 30 heavy (non-hydrogen) atoms. The molecule has 8 heteroatoms. The summed E-state index contributed by atoms with van der Waals surface area (Å²) >= 11 is 6.22. The van der Waals surface area contributed by atoms with Gasteiger partial charge in [0.15, 0.2) is 0 Å². The maximum atomic E-state index is 13.2. The van der Waals surface area contributed by atoms with Gasteiger partial charge >= 0.3 is 0 Å². The third kappa shape index (κ3) is 3.04. The Labute approximate surface area is 177 Å². The van der Waals surface area contributed by atoms with Crippen LogP contribution < -0.4 is 15.8 Å². The lowest BCUT2D eigenvalue weighted by Gasteiger charge is -2.13. The Kier molecular flexibility index (Phi) is 4.83. The van der Waals surface area contributed by atoms with E-state index in [1.54, 1.807) is 49.0 Å². The van der Waals surface area contributed by atoms with Crippen molar-refractivity contribution in [2.24, 2.45) is 7.05 Å². The molecule has 1 aliphatic rings. The van der Waals surface area contributed by atoms with Crippen molar-refractivity contribution in [3.8, 4) is 5.69 Å². The average molecular weight is 423 g/mol. The molecule has 0 bridgehead atoms. The van der Waals surface area contributed by atoms with E-state index in [-0.39, 0.29) is 16.4 Å². The van der Waals surface area contributed by atoms with Crippen molar-refractivity contribution in [2.75, 3.05) is 10.2 Å². The molecular weight excluding hydrogens is 404 g/mol. The topological polar surface area (TPSA) is 76.3 Å². The average Bonchev–Trinajstić information content (AvgIpc) is 3.06. The summed E-state index contributed by atoms with van der Waals surface area (Å²) in [6.45, 7) is 3.59. The zero-order valence-electron chi connectivity index (χ0n) is 16.6. The standard InChI is InChI=1S/C22H19ClN4O3/c1-13-8-7-9-15(12-13)24-18-17(23)20(28)26(21(18)29)19-14(2)25(3)27(22(19)30)16-10-5-4-6-11-16/h4-12,24H,1-3H3. The van der Waals surface area contributed by atoms with Gasteiger partial charge in [0.2, 0.25) is 0 Å². The molecule has 0 spiro atoms. The van der Waals surface area contributed by atoms with Crippen LogP contribution in [0.15, 0.2) is 70.1 Å². The van der Waals surface area contributed by atoms with Crippen molar-refractivity contribution in [3.63, 3.8) is 0 Å². The third-order valence-corrected chi connectivity index (χ3v) is 5.41. The van der Waals surface area contributed by atoms with Gasteiger partial charge in [-0.25, -0.2) is 9.58 Å². The van der Waals surface area contributed by atoms with Crippen molar-refractivity contribution >= 4 is 34.8 Å². The van der Waals surface area contributed by atoms with Crippen LogP contribution >= 0.6 is 11.6 Å². The fourth-order valence-corrected chi connectivity index (χ4v) is 3.71. The van der Waals surface area contributed by atoms with E-state index in [2.05, 4.69) is 5.32 Å². The van der Waals surface area contributed by atoms with Crippen LogP contribution in [0, 0.1) is 13.8 Å². The van der Waals surface area contributed by atoms with Crippen molar-refractivity contribution in [1.82, 2.24) is 9.36 Å². The largest absolute Gasteiger partial charge is 0.350 e. The van der Waals surface area contributed by atoms with E-state index in [4.69, 9.17) is 11.6 Å². The number of halogens is 1. The highest BCUT2D eigenvalue weighted by molar-refractivity contribution is 6.53. The molecule has 1 N–H and O–H groups in total. The van der Waals surface area contributed by atoms with Gasteiger partial charge in [-0.15, -0.1) is 0 Å². The van der Waals surface area contributed by atoms with E-state index in [1.165, 1.54) is 4.68 Å². The second-order valence-electron chi connectivity index (χ2n) is 7.04. The smallest absolute Gasteiger partial charge is 0.296 e. The van der Waals surface area contributed by atoms with E-state index in [0.717, 1.165) is 10.5 Å². The molecule has 7 nitrogen and oxygen atoms in total. The molecule has 3 aromatic rings. The lowest BCUT2D eigenvalue weighted by atomic mass is 10.2. The minimum Gasteiger partial charge on any atom is -0.350 e. The van der Waals surface area contributed by atoms with Crippen molar-refractivity contribution in [1.29, 1.82) is 0 Å². The molecule has 0 unspecified atom stereocenters. The molecule has 2 heterocycles. The van der Waals surface area contributed by atoms with Gasteiger partial charge in [-0.2, -0.15) is 0 Å². The van der Waals surface area contributed by atoms with Crippen molar-refractivity contribution in [2.45, 2.75) is 13.8 Å². The van der Waals surface area contributed by atoms with Gasteiger partial charge in [0.1, 0.15) is 16.4 Å². The Morgan fingerprint density at radius 3 is 2.27 bits per heavy atom. The highest BCUT2D eigenvalue weighted by Crippen LogP contribution is 2.31. The van der Waals surface area contributed by atoms with Crippen LogP contribution in [0.2, 0.25) is 0 Å². The molecule has 0 atom stereocenters. The molecule has 0 radical (unpaired) electrons. The van der Waals surface area contributed by atoms with Gasteiger partial charge < -0.3 is 5.32 Å². The SMILES string of the molecule is Cc1cccc(NC2=C(Cl)C(=O)N(c3c(C)n(C)n(-c4ccccc4)c3=O)C2=O)c1. The van der Waals surface area contributed by atoms with Gasteiger partial charge in [-0.05, 0) is 43.7 Å². The number of nitrogens with one attached hydrogen (secondary N) is 1. The Morgan fingerprint density at radius 2 is 1.60 bits per heavy atom. The van der Waals surface area contributed by atoms with Crippen LogP contribution in [0.4, 0.5) is 11.4 Å². The predicted octanol–water partition coefficient (Wildman–Crippen LogP) is 3.23. The quantitative estimate of drug-likeness (QED) is 0.655. The number of para-hydroxylation sites is 1.